The molecular formula is C13H6Cl2F3N3. The normalized spacial score (nSPS) is 11.0. The second-order valence-electron chi connectivity index (χ2n) is 3.98. The monoisotopic (exact) mass is 331 g/mol. The lowest BCUT2D eigenvalue weighted by Gasteiger charge is -2.12. The van der Waals surface area contributed by atoms with Gasteiger partial charge in [-0.15, -0.1) is 0 Å². The van der Waals surface area contributed by atoms with Crippen LogP contribution in [-0.2, 0) is 6.18 Å². The molecule has 0 unspecified atom stereocenters. The first kappa shape index (κ1) is 15.4. The van der Waals surface area contributed by atoms with Gasteiger partial charge in [0.2, 0.25) is 0 Å². The van der Waals surface area contributed by atoms with E-state index < -0.39 is 11.7 Å². The number of aromatic nitrogens is 1. The van der Waals surface area contributed by atoms with E-state index in [1.54, 1.807) is 0 Å². The molecule has 8 heteroatoms. The summed E-state index contributed by atoms with van der Waals surface area (Å²) in [5, 5.41) is 11.4. The van der Waals surface area contributed by atoms with Crippen molar-refractivity contribution in [3.8, 4) is 6.07 Å². The molecule has 1 heterocycles. The van der Waals surface area contributed by atoms with Gasteiger partial charge < -0.3 is 5.32 Å². The van der Waals surface area contributed by atoms with E-state index in [2.05, 4.69) is 10.3 Å². The maximum atomic E-state index is 12.7. The summed E-state index contributed by atoms with van der Waals surface area (Å²) in [6.07, 6.45) is -3.20. The van der Waals surface area contributed by atoms with E-state index in [4.69, 9.17) is 28.5 Å². The molecule has 2 rings (SSSR count). The van der Waals surface area contributed by atoms with Gasteiger partial charge in [0.05, 0.1) is 11.1 Å². The van der Waals surface area contributed by atoms with E-state index in [1.165, 1.54) is 18.3 Å². The van der Waals surface area contributed by atoms with Crippen molar-refractivity contribution in [2.45, 2.75) is 6.18 Å². The number of anilines is 2. The molecule has 1 aromatic carbocycles. The molecule has 21 heavy (non-hydrogen) atoms. The van der Waals surface area contributed by atoms with Crippen LogP contribution >= 0.6 is 23.2 Å². The smallest absolute Gasteiger partial charge is 0.339 e. The van der Waals surface area contributed by atoms with Crippen molar-refractivity contribution in [3.63, 3.8) is 0 Å². The molecule has 3 nitrogen and oxygen atoms in total. The van der Waals surface area contributed by atoms with Crippen molar-refractivity contribution in [3.05, 3.63) is 51.6 Å². The van der Waals surface area contributed by atoms with E-state index >= 15 is 0 Å². The summed E-state index contributed by atoms with van der Waals surface area (Å²) in [7, 11) is 0. The van der Waals surface area contributed by atoms with E-state index in [-0.39, 0.29) is 27.1 Å². The van der Waals surface area contributed by atoms with Crippen molar-refractivity contribution in [2.75, 3.05) is 5.32 Å². The highest BCUT2D eigenvalue weighted by Gasteiger charge is 2.31. The fraction of sp³-hybridized carbons (Fsp3) is 0.0769. The largest absolute Gasteiger partial charge is 0.416 e. The van der Waals surface area contributed by atoms with Crippen molar-refractivity contribution in [1.82, 2.24) is 4.98 Å². The third-order valence-corrected chi connectivity index (χ3v) is 3.10. The molecule has 1 N–H and O–H groups in total. The number of pyridine rings is 1. The van der Waals surface area contributed by atoms with Gasteiger partial charge in [0.1, 0.15) is 11.1 Å². The van der Waals surface area contributed by atoms with Gasteiger partial charge in [0, 0.05) is 16.9 Å². The van der Waals surface area contributed by atoms with Crippen LogP contribution in [0.25, 0.3) is 0 Å². The molecule has 0 aliphatic carbocycles. The predicted octanol–water partition coefficient (Wildman–Crippen LogP) is 5.02. The predicted molar refractivity (Wildman–Crippen MR) is 73.7 cm³/mol. The Hall–Kier alpha value is -1.97. The van der Waals surface area contributed by atoms with E-state index in [1.807, 2.05) is 6.07 Å². The molecule has 0 saturated heterocycles. The second-order valence-corrected chi connectivity index (χ2v) is 4.80. The van der Waals surface area contributed by atoms with Crippen molar-refractivity contribution < 1.29 is 13.2 Å². The summed E-state index contributed by atoms with van der Waals surface area (Å²) in [5.74, 6) is 0.0751. The Morgan fingerprint density at radius 1 is 1.19 bits per heavy atom. The van der Waals surface area contributed by atoms with Gasteiger partial charge in [-0.25, -0.2) is 4.98 Å². The number of alkyl halides is 3. The first-order valence-corrected chi connectivity index (χ1v) is 6.26. The van der Waals surface area contributed by atoms with Crippen molar-refractivity contribution in [1.29, 1.82) is 5.26 Å². The Labute approximate surface area is 127 Å². The van der Waals surface area contributed by atoms with Gasteiger partial charge in [-0.05, 0) is 24.3 Å². The van der Waals surface area contributed by atoms with Crippen molar-refractivity contribution >= 4 is 34.7 Å². The molecule has 0 aliphatic rings. The number of nitrogens with zero attached hydrogens (tertiary/aromatic N) is 2. The summed E-state index contributed by atoms with van der Waals surface area (Å²) in [6, 6.07) is 6.24. The number of nitrogens with one attached hydrogen (secondary N) is 1. The average molecular weight is 332 g/mol. The number of hydrogen-bond donors (Lipinski definition) is 1. The Bertz CT molecular complexity index is 724. The second kappa shape index (κ2) is 5.80. The molecule has 0 amide bonds. The van der Waals surface area contributed by atoms with Crippen LogP contribution in [0.1, 0.15) is 11.1 Å². The molecule has 2 aromatic rings. The lowest BCUT2D eigenvalue weighted by Crippen LogP contribution is -2.06. The number of hydrogen-bond acceptors (Lipinski definition) is 3. The number of rotatable bonds is 2. The number of halogens is 5. The molecule has 108 valence electrons. The average Bonchev–Trinajstić information content (AvgIpc) is 2.39. The fourth-order valence-electron chi connectivity index (χ4n) is 1.58. The van der Waals surface area contributed by atoms with Crippen LogP contribution in [0.3, 0.4) is 0 Å². The standard InChI is InChI=1S/C13H6Cl2F3N3/c14-9-3-8(13(16,17)18)4-10(5-9)21-12-11(15)7(6-19)1-2-20-12/h1-5H,(H,20,21). The topological polar surface area (TPSA) is 48.7 Å². The highest BCUT2D eigenvalue weighted by molar-refractivity contribution is 6.34. The van der Waals surface area contributed by atoms with Crippen LogP contribution < -0.4 is 5.32 Å². The summed E-state index contributed by atoms with van der Waals surface area (Å²) in [4.78, 5) is 3.89. The Morgan fingerprint density at radius 3 is 2.52 bits per heavy atom. The van der Waals surface area contributed by atoms with Gasteiger partial charge in [-0.1, -0.05) is 23.2 Å². The van der Waals surface area contributed by atoms with Crippen LogP contribution in [0.4, 0.5) is 24.7 Å². The minimum absolute atomic E-state index is 0.0218. The molecule has 0 radical (unpaired) electrons. The first-order valence-electron chi connectivity index (χ1n) is 5.50. The van der Waals surface area contributed by atoms with Gasteiger partial charge >= 0.3 is 6.18 Å². The van der Waals surface area contributed by atoms with Crippen LogP contribution in [0.15, 0.2) is 30.5 Å². The van der Waals surface area contributed by atoms with E-state index in [9.17, 15) is 13.2 Å². The maximum absolute atomic E-state index is 12.7. The highest BCUT2D eigenvalue weighted by atomic mass is 35.5. The number of benzene rings is 1. The fourth-order valence-corrected chi connectivity index (χ4v) is 2.02. The molecule has 0 fully saturated rings. The summed E-state index contributed by atoms with van der Waals surface area (Å²) >= 11 is 11.6. The third kappa shape index (κ3) is 3.57. The lowest BCUT2D eigenvalue weighted by atomic mass is 10.2. The van der Waals surface area contributed by atoms with Crippen LogP contribution in [-0.4, -0.2) is 4.98 Å². The summed E-state index contributed by atoms with van der Waals surface area (Å²) < 4.78 is 38.1. The zero-order chi connectivity index (χ0) is 15.6. The Kier molecular flexibility index (Phi) is 4.26. The third-order valence-electron chi connectivity index (χ3n) is 2.50. The molecule has 0 bridgehead atoms. The zero-order valence-corrected chi connectivity index (χ0v) is 11.7. The summed E-state index contributed by atoms with van der Waals surface area (Å²) in [5.41, 5.74) is -0.670. The van der Waals surface area contributed by atoms with Crippen LogP contribution in [0.5, 0.6) is 0 Å². The minimum atomic E-state index is -4.52. The van der Waals surface area contributed by atoms with E-state index in [0.29, 0.717) is 0 Å². The number of nitriles is 1. The van der Waals surface area contributed by atoms with E-state index in [0.717, 1.165) is 12.1 Å². The molecule has 0 saturated carbocycles. The molecule has 0 spiro atoms. The van der Waals surface area contributed by atoms with Crippen LogP contribution in [0.2, 0.25) is 10.0 Å². The maximum Gasteiger partial charge on any atom is 0.416 e. The van der Waals surface area contributed by atoms with Gasteiger partial charge in [-0.3, -0.25) is 0 Å². The van der Waals surface area contributed by atoms with Gasteiger partial charge in [0.15, 0.2) is 5.82 Å². The van der Waals surface area contributed by atoms with Gasteiger partial charge in [-0.2, -0.15) is 18.4 Å². The molecule has 0 atom stereocenters. The minimum Gasteiger partial charge on any atom is -0.339 e. The Balaban J connectivity index is 2.41. The zero-order valence-electron chi connectivity index (χ0n) is 10.2. The molecular weight excluding hydrogens is 326 g/mol. The van der Waals surface area contributed by atoms with Crippen molar-refractivity contribution in [2.24, 2.45) is 0 Å². The highest BCUT2D eigenvalue weighted by Crippen LogP contribution is 2.34. The Morgan fingerprint density at radius 2 is 1.90 bits per heavy atom. The summed E-state index contributed by atoms with van der Waals surface area (Å²) in [6.45, 7) is 0. The SMILES string of the molecule is N#Cc1ccnc(Nc2cc(Cl)cc(C(F)(F)F)c2)c1Cl. The first-order chi connectivity index (χ1) is 9.81. The quantitative estimate of drug-likeness (QED) is 0.840. The van der Waals surface area contributed by atoms with Crippen LogP contribution in [0, 0.1) is 11.3 Å². The molecule has 0 aliphatic heterocycles. The molecule has 1 aromatic heterocycles. The van der Waals surface area contributed by atoms with Gasteiger partial charge in [0.25, 0.3) is 0 Å². The lowest BCUT2D eigenvalue weighted by molar-refractivity contribution is -0.137.